The fraction of sp³-hybridized carbons (Fsp3) is 0.643. The van der Waals surface area contributed by atoms with Crippen LogP contribution in [0.1, 0.15) is 56.5 Å². The molecule has 16 heavy (non-hydrogen) atoms. The van der Waals surface area contributed by atoms with Crippen LogP contribution in [0, 0.1) is 5.41 Å². The van der Waals surface area contributed by atoms with Crippen molar-refractivity contribution < 1.29 is 0 Å². The van der Waals surface area contributed by atoms with Gasteiger partial charge >= 0.3 is 0 Å². The summed E-state index contributed by atoms with van der Waals surface area (Å²) in [6.45, 7) is 6.62. The molecule has 0 aliphatic heterocycles. The van der Waals surface area contributed by atoms with Crippen LogP contribution in [0.25, 0.3) is 0 Å². The maximum absolute atomic E-state index is 6.47. The Labute approximate surface area is 97.3 Å². The van der Waals surface area contributed by atoms with Gasteiger partial charge in [0.1, 0.15) is 0 Å². The molecule has 3 rings (SSSR count). The Morgan fingerprint density at radius 3 is 2.56 bits per heavy atom. The van der Waals surface area contributed by atoms with Crippen molar-refractivity contribution in [3.8, 4) is 0 Å². The number of nitrogens with two attached hydrogens (primary N) is 1. The molecule has 0 aromatic carbocycles. The summed E-state index contributed by atoms with van der Waals surface area (Å²) in [7, 11) is 0. The molecule has 1 aromatic rings. The van der Waals surface area contributed by atoms with Gasteiger partial charge in [0.05, 0.1) is 0 Å². The Balaban J connectivity index is 2.08. The van der Waals surface area contributed by atoms with Gasteiger partial charge in [0.2, 0.25) is 0 Å². The number of hydrogen-bond acceptors (Lipinski definition) is 2. The molecule has 86 valence electrons. The number of fused-ring (bicyclic) bond motifs is 1. The first-order chi connectivity index (χ1) is 7.42. The van der Waals surface area contributed by atoms with E-state index in [1.54, 1.807) is 0 Å². The van der Waals surface area contributed by atoms with Gasteiger partial charge in [-0.05, 0) is 43.2 Å². The highest BCUT2D eigenvalue weighted by Crippen LogP contribution is 2.48. The smallest absolute Gasteiger partial charge is 0.0463 e. The topological polar surface area (TPSA) is 38.9 Å². The van der Waals surface area contributed by atoms with Gasteiger partial charge in [-0.15, -0.1) is 0 Å². The van der Waals surface area contributed by atoms with E-state index >= 15 is 0 Å². The van der Waals surface area contributed by atoms with Crippen molar-refractivity contribution in [2.24, 2.45) is 11.1 Å². The first-order valence-corrected chi connectivity index (χ1v) is 6.21. The molecule has 0 unspecified atom stereocenters. The Morgan fingerprint density at radius 1 is 1.25 bits per heavy atom. The summed E-state index contributed by atoms with van der Waals surface area (Å²) in [4.78, 5) is 4.83. The standard InChI is InChI=1S/C14H20N2/c1-13(2)8-12-10(14(13,3)15)6-7-11(16-12)9-4-5-9/h6-7,9H,4-5,8,15H2,1-3H3/t14-/m1/s1. The van der Waals surface area contributed by atoms with Crippen molar-refractivity contribution in [2.75, 3.05) is 0 Å². The minimum atomic E-state index is -0.239. The van der Waals surface area contributed by atoms with E-state index < -0.39 is 0 Å². The lowest BCUT2D eigenvalue weighted by Crippen LogP contribution is -2.43. The monoisotopic (exact) mass is 216 g/mol. The lowest BCUT2D eigenvalue weighted by atomic mass is 9.75. The van der Waals surface area contributed by atoms with Crippen molar-refractivity contribution in [3.05, 3.63) is 29.1 Å². The summed E-state index contributed by atoms with van der Waals surface area (Å²) in [5.74, 6) is 0.734. The molecule has 0 saturated heterocycles. The van der Waals surface area contributed by atoms with Crippen LogP contribution >= 0.6 is 0 Å². The molecule has 0 bridgehead atoms. The van der Waals surface area contributed by atoms with Crippen molar-refractivity contribution in [1.82, 2.24) is 4.98 Å². The molecular weight excluding hydrogens is 196 g/mol. The van der Waals surface area contributed by atoms with Crippen LogP contribution in [0.5, 0.6) is 0 Å². The van der Waals surface area contributed by atoms with Crippen molar-refractivity contribution in [2.45, 2.75) is 51.5 Å². The molecule has 1 aromatic heterocycles. The van der Waals surface area contributed by atoms with E-state index in [0.717, 1.165) is 12.3 Å². The van der Waals surface area contributed by atoms with Crippen LogP contribution in [0.15, 0.2) is 12.1 Å². The third-order valence-corrected chi connectivity index (χ3v) is 4.57. The van der Waals surface area contributed by atoms with E-state index in [0.29, 0.717) is 0 Å². The predicted octanol–water partition coefficient (Wildman–Crippen LogP) is 2.72. The summed E-state index contributed by atoms with van der Waals surface area (Å²) >= 11 is 0. The van der Waals surface area contributed by atoms with Crippen molar-refractivity contribution in [3.63, 3.8) is 0 Å². The molecule has 1 heterocycles. The minimum absolute atomic E-state index is 0.116. The van der Waals surface area contributed by atoms with Gasteiger partial charge in [-0.2, -0.15) is 0 Å². The lowest BCUT2D eigenvalue weighted by molar-refractivity contribution is 0.211. The van der Waals surface area contributed by atoms with Crippen molar-refractivity contribution in [1.29, 1.82) is 0 Å². The SMILES string of the molecule is CC1(C)Cc2nc(C3CC3)ccc2[C@@]1(C)N. The Morgan fingerprint density at radius 2 is 1.94 bits per heavy atom. The highest BCUT2D eigenvalue weighted by Gasteiger charge is 2.47. The summed E-state index contributed by atoms with van der Waals surface area (Å²) in [6.07, 6.45) is 3.64. The molecule has 1 fully saturated rings. The molecule has 2 nitrogen and oxygen atoms in total. The average Bonchev–Trinajstić information content (AvgIpc) is 2.96. The average molecular weight is 216 g/mol. The van der Waals surface area contributed by atoms with Crippen LogP contribution in [0.2, 0.25) is 0 Å². The maximum atomic E-state index is 6.47. The quantitative estimate of drug-likeness (QED) is 0.784. The van der Waals surface area contributed by atoms with Crippen LogP contribution < -0.4 is 5.73 Å². The highest BCUT2D eigenvalue weighted by molar-refractivity contribution is 5.39. The van der Waals surface area contributed by atoms with Crippen LogP contribution in [0.4, 0.5) is 0 Å². The Bertz CT molecular complexity index is 442. The fourth-order valence-corrected chi connectivity index (χ4v) is 2.70. The molecule has 1 saturated carbocycles. The second kappa shape index (κ2) is 2.86. The first kappa shape index (κ1) is 10.3. The van der Waals surface area contributed by atoms with Gasteiger partial charge in [0, 0.05) is 22.8 Å². The van der Waals surface area contributed by atoms with Crippen LogP contribution in [-0.4, -0.2) is 4.98 Å². The zero-order chi connectivity index (χ0) is 11.6. The van der Waals surface area contributed by atoms with Crippen LogP contribution in [-0.2, 0) is 12.0 Å². The summed E-state index contributed by atoms with van der Waals surface area (Å²) in [5.41, 5.74) is 10.1. The molecule has 2 N–H and O–H groups in total. The zero-order valence-electron chi connectivity index (χ0n) is 10.4. The largest absolute Gasteiger partial charge is 0.321 e. The molecule has 0 radical (unpaired) electrons. The predicted molar refractivity (Wildman–Crippen MR) is 65.2 cm³/mol. The zero-order valence-corrected chi connectivity index (χ0v) is 10.4. The van der Waals surface area contributed by atoms with Gasteiger partial charge in [0.15, 0.2) is 0 Å². The number of hydrogen-bond donors (Lipinski definition) is 1. The van der Waals surface area contributed by atoms with Crippen molar-refractivity contribution >= 4 is 0 Å². The maximum Gasteiger partial charge on any atom is 0.0463 e. The second-order valence-electron chi connectivity index (χ2n) is 6.27. The van der Waals surface area contributed by atoms with Gasteiger partial charge < -0.3 is 5.73 Å². The van der Waals surface area contributed by atoms with Gasteiger partial charge in [0.25, 0.3) is 0 Å². The van der Waals surface area contributed by atoms with Crippen LogP contribution in [0.3, 0.4) is 0 Å². The lowest BCUT2D eigenvalue weighted by Gasteiger charge is -2.35. The van der Waals surface area contributed by atoms with E-state index in [2.05, 4.69) is 32.9 Å². The van der Waals surface area contributed by atoms with Gasteiger partial charge in [-0.3, -0.25) is 4.98 Å². The Kier molecular flexibility index (Phi) is 1.84. The van der Waals surface area contributed by atoms with Gasteiger partial charge in [-0.25, -0.2) is 0 Å². The first-order valence-electron chi connectivity index (χ1n) is 6.21. The third-order valence-electron chi connectivity index (χ3n) is 4.57. The summed E-state index contributed by atoms with van der Waals surface area (Å²) in [5, 5.41) is 0. The molecule has 2 aliphatic rings. The number of nitrogens with zero attached hydrogens (tertiary/aromatic N) is 1. The normalized spacial score (nSPS) is 31.5. The third kappa shape index (κ3) is 1.26. The van der Waals surface area contributed by atoms with E-state index in [1.807, 2.05) is 0 Å². The molecular formula is C14H20N2. The molecule has 2 aliphatic carbocycles. The van der Waals surface area contributed by atoms with E-state index in [-0.39, 0.29) is 11.0 Å². The fourth-order valence-electron chi connectivity index (χ4n) is 2.70. The molecule has 2 heteroatoms. The van der Waals surface area contributed by atoms with E-state index in [4.69, 9.17) is 10.7 Å². The number of aromatic nitrogens is 1. The molecule has 1 atom stereocenters. The summed E-state index contributed by atoms with van der Waals surface area (Å²) in [6, 6.07) is 4.40. The van der Waals surface area contributed by atoms with E-state index in [9.17, 15) is 0 Å². The van der Waals surface area contributed by atoms with Gasteiger partial charge in [-0.1, -0.05) is 19.9 Å². The minimum Gasteiger partial charge on any atom is -0.321 e. The second-order valence-corrected chi connectivity index (χ2v) is 6.27. The number of rotatable bonds is 1. The Hall–Kier alpha value is -0.890. The van der Waals surface area contributed by atoms with E-state index in [1.165, 1.54) is 29.8 Å². The molecule has 0 spiro atoms. The highest BCUT2D eigenvalue weighted by atomic mass is 14.9. The number of pyridine rings is 1. The summed E-state index contributed by atoms with van der Waals surface area (Å²) < 4.78 is 0. The molecule has 0 amide bonds.